The predicted molar refractivity (Wildman–Crippen MR) is 199 cm³/mol. The molecule has 0 saturated carbocycles. The van der Waals surface area contributed by atoms with Crippen molar-refractivity contribution >= 4 is 54.3 Å². The van der Waals surface area contributed by atoms with Crippen molar-refractivity contribution in [3.63, 3.8) is 0 Å². The van der Waals surface area contributed by atoms with Gasteiger partial charge in [-0.05, 0) is 95.5 Å². The van der Waals surface area contributed by atoms with Crippen molar-refractivity contribution in [3.8, 4) is 44.5 Å². The Labute approximate surface area is 272 Å². The predicted octanol–water partition coefficient (Wildman–Crippen LogP) is 13.2. The molecule has 0 aliphatic heterocycles. The van der Waals surface area contributed by atoms with E-state index in [0.29, 0.717) is 0 Å². The van der Waals surface area contributed by atoms with Crippen LogP contribution < -0.4 is 0 Å². The number of hydrogen-bond acceptors (Lipinski definition) is 1. The Hall–Kier alpha value is -6.18. The molecule has 1 heterocycles. The Balaban J connectivity index is 1.27. The summed E-state index contributed by atoms with van der Waals surface area (Å²) in [6, 6.07) is 61.5. The first-order chi connectivity index (χ1) is 23.3. The summed E-state index contributed by atoms with van der Waals surface area (Å²) in [4.78, 5) is 0. The highest BCUT2D eigenvalue weighted by molar-refractivity contribution is 6.28. The van der Waals surface area contributed by atoms with Crippen LogP contribution in [-0.2, 0) is 0 Å². The number of hydrogen-bond donors (Lipinski definition) is 0. The quantitative estimate of drug-likeness (QED) is 0.184. The van der Waals surface area contributed by atoms with Crippen LogP contribution in [0.2, 0.25) is 0 Å². The lowest BCUT2D eigenvalue weighted by atomic mass is 9.86. The maximum absolute atomic E-state index is 6.65. The highest BCUT2D eigenvalue weighted by Crippen LogP contribution is 2.45. The second-order valence-electron chi connectivity index (χ2n) is 12.5. The normalized spacial score (nSPS) is 11.8. The van der Waals surface area contributed by atoms with E-state index in [1.807, 2.05) is 0 Å². The fraction of sp³-hybridized carbons (Fsp3) is 0. The zero-order valence-electron chi connectivity index (χ0n) is 25.6. The third kappa shape index (κ3) is 4.03. The monoisotopic (exact) mass is 596 g/mol. The molecule has 0 fully saturated rings. The SMILES string of the molecule is c1ccc(-c2ccc3oc4c(-c5ccccc5)cc(-c5ccc6ccc7c(-c8ccccc8)ccc8ccc5c6c87)cc4c3c2)cc1. The summed E-state index contributed by atoms with van der Waals surface area (Å²) in [5, 5.41) is 9.99. The van der Waals surface area contributed by atoms with Crippen LogP contribution in [0.1, 0.15) is 0 Å². The lowest BCUT2D eigenvalue weighted by molar-refractivity contribution is 0.670. The third-order valence-corrected chi connectivity index (χ3v) is 9.82. The summed E-state index contributed by atoms with van der Waals surface area (Å²) in [7, 11) is 0. The highest BCUT2D eigenvalue weighted by Gasteiger charge is 2.19. The van der Waals surface area contributed by atoms with E-state index in [-0.39, 0.29) is 0 Å². The van der Waals surface area contributed by atoms with E-state index in [9.17, 15) is 0 Å². The molecule has 47 heavy (non-hydrogen) atoms. The van der Waals surface area contributed by atoms with Gasteiger partial charge in [0.2, 0.25) is 0 Å². The van der Waals surface area contributed by atoms with Crippen LogP contribution in [0.3, 0.4) is 0 Å². The van der Waals surface area contributed by atoms with Crippen molar-refractivity contribution in [2.75, 3.05) is 0 Å². The second-order valence-corrected chi connectivity index (χ2v) is 12.5. The zero-order valence-corrected chi connectivity index (χ0v) is 25.6. The molecule has 10 rings (SSSR count). The van der Waals surface area contributed by atoms with Gasteiger partial charge in [0, 0.05) is 16.3 Å². The molecule has 0 atom stereocenters. The Morgan fingerprint density at radius 1 is 0.298 bits per heavy atom. The Morgan fingerprint density at radius 2 is 0.809 bits per heavy atom. The van der Waals surface area contributed by atoms with Crippen molar-refractivity contribution in [1.29, 1.82) is 0 Å². The number of furan rings is 1. The highest BCUT2D eigenvalue weighted by atomic mass is 16.3. The summed E-state index contributed by atoms with van der Waals surface area (Å²) in [5.41, 5.74) is 11.4. The Kier molecular flexibility index (Phi) is 5.64. The lowest BCUT2D eigenvalue weighted by Gasteiger charge is -2.17. The lowest BCUT2D eigenvalue weighted by Crippen LogP contribution is -1.90. The average molecular weight is 597 g/mol. The first kappa shape index (κ1) is 26.1. The van der Waals surface area contributed by atoms with Gasteiger partial charge in [0.1, 0.15) is 11.2 Å². The molecule has 1 nitrogen and oxygen atoms in total. The topological polar surface area (TPSA) is 13.1 Å². The minimum atomic E-state index is 0.901. The maximum Gasteiger partial charge on any atom is 0.143 e. The van der Waals surface area contributed by atoms with Crippen molar-refractivity contribution in [2.24, 2.45) is 0 Å². The smallest absolute Gasteiger partial charge is 0.143 e. The molecule has 9 aromatic carbocycles. The first-order valence-corrected chi connectivity index (χ1v) is 16.2. The molecule has 218 valence electrons. The molecule has 10 aromatic rings. The Bertz CT molecular complexity index is 2750. The van der Waals surface area contributed by atoms with Crippen molar-refractivity contribution in [3.05, 3.63) is 170 Å². The van der Waals surface area contributed by atoms with Gasteiger partial charge in [-0.3, -0.25) is 0 Å². The largest absolute Gasteiger partial charge is 0.455 e. The summed E-state index contributed by atoms with van der Waals surface area (Å²) in [5.74, 6) is 0. The molecule has 0 N–H and O–H groups in total. The van der Waals surface area contributed by atoms with Gasteiger partial charge in [0.25, 0.3) is 0 Å². The van der Waals surface area contributed by atoms with Gasteiger partial charge in [-0.15, -0.1) is 0 Å². The van der Waals surface area contributed by atoms with E-state index >= 15 is 0 Å². The van der Waals surface area contributed by atoms with Crippen molar-refractivity contribution in [1.82, 2.24) is 0 Å². The van der Waals surface area contributed by atoms with Gasteiger partial charge in [-0.1, -0.05) is 146 Å². The van der Waals surface area contributed by atoms with E-state index in [2.05, 4.69) is 170 Å². The molecule has 1 heteroatoms. The average Bonchev–Trinajstić information content (AvgIpc) is 3.52. The first-order valence-electron chi connectivity index (χ1n) is 16.2. The van der Waals surface area contributed by atoms with Crippen LogP contribution in [0.4, 0.5) is 0 Å². The fourth-order valence-electron chi connectivity index (χ4n) is 7.60. The summed E-state index contributed by atoms with van der Waals surface area (Å²) in [6.45, 7) is 0. The minimum absolute atomic E-state index is 0.901. The molecule has 0 unspecified atom stereocenters. The van der Waals surface area contributed by atoms with E-state index in [1.165, 1.54) is 65.7 Å². The molecule has 0 aliphatic rings. The van der Waals surface area contributed by atoms with Gasteiger partial charge in [-0.25, -0.2) is 0 Å². The molecule has 0 saturated heterocycles. The van der Waals surface area contributed by atoms with Gasteiger partial charge in [-0.2, -0.15) is 0 Å². The van der Waals surface area contributed by atoms with E-state index in [4.69, 9.17) is 4.42 Å². The van der Waals surface area contributed by atoms with Crippen LogP contribution in [0.25, 0.3) is 98.8 Å². The van der Waals surface area contributed by atoms with Crippen LogP contribution in [0.5, 0.6) is 0 Å². The Morgan fingerprint density at radius 3 is 1.43 bits per heavy atom. The van der Waals surface area contributed by atoms with Crippen LogP contribution >= 0.6 is 0 Å². The van der Waals surface area contributed by atoms with Crippen molar-refractivity contribution in [2.45, 2.75) is 0 Å². The summed E-state index contributed by atoms with van der Waals surface area (Å²) >= 11 is 0. The minimum Gasteiger partial charge on any atom is -0.455 e. The second kappa shape index (κ2) is 10.2. The van der Waals surface area contributed by atoms with Gasteiger partial charge in [0.15, 0.2) is 0 Å². The van der Waals surface area contributed by atoms with Gasteiger partial charge >= 0.3 is 0 Å². The van der Waals surface area contributed by atoms with E-state index in [0.717, 1.165) is 33.1 Å². The third-order valence-electron chi connectivity index (χ3n) is 9.82. The fourth-order valence-corrected chi connectivity index (χ4v) is 7.60. The van der Waals surface area contributed by atoms with Gasteiger partial charge in [0.05, 0.1) is 0 Å². The summed E-state index contributed by atoms with van der Waals surface area (Å²) < 4.78 is 6.65. The van der Waals surface area contributed by atoms with Crippen LogP contribution in [-0.4, -0.2) is 0 Å². The maximum atomic E-state index is 6.65. The molecule has 0 radical (unpaired) electrons. The zero-order chi connectivity index (χ0) is 30.9. The summed E-state index contributed by atoms with van der Waals surface area (Å²) in [6.07, 6.45) is 0. The molecule has 0 bridgehead atoms. The molecule has 0 spiro atoms. The van der Waals surface area contributed by atoms with E-state index < -0.39 is 0 Å². The molecule has 0 aliphatic carbocycles. The van der Waals surface area contributed by atoms with Crippen molar-refractivity contribution < 1.29 is 4.42 Å². The van der Waals surface area contributed by atoms with Crippen LogP contribution in [0, 0.1) is 0 Å². The van der Waals surface area contributed by atoms with Crippen LogP contribution in [0.15, 0.2) is 174 Å². The molecular weight excluding hydrogens is 569 g/mol. The van der Waals surface area contributed by atoms with Gasteiger partial charge < -0.3 is 4.42 Å². The molecule has 0 amide bonds. The standard InChI is InChI=1S/C46H28O/c1-4-10-29(11-5-1)34-20-25-43-41(26-34)42-28-35(27-40(46(42)47-43)31-14-8-3-9-15-31)37-22-17-33-18-23-38-36(30-12-6-2-7-13-30)21-16-32-19-24-39(37)45(33)44(32)38/h1-28H. The number of fused-ring (bicyclic) bond motifs is 3. The number of benzene rings is 9. The molecular formula is C46H28O. The van der Waals surface area contributed by atoms with E-state index in [1.54, 1.807) is 0 Å². The molecule has 1 aromatic heterocycles. The number of rotatable bonds is 4.